The maximum Gasteiger partial charge on any atom is 0.190 e. The fraction of sp³-hybridized carbons (Fsp3) is 0.500. The third-order valence-electron chi connectivity index (χ3n) is 2.82. The van der Waals surface area contributed by atoms with Crippen LogP contribution in [0, 0.1) is 0 Å². The van der Waals surface area contributed by atoms with E-state index in [2.05, 4.69) is 32.0 Å². The highest BCUT2D eigenvalue weighted by molar-refractivity contribution is 5.95. The summed E-state index contributed by atoms with van der Waals surface area (Å²) in [5.74, 6) is 0.746. The van der Waals surface area contributed by atoms with Gasteiger partial charge in [0.05, 0.1) is 12.4 Å². The average molecular weight is 236 g/mol. The lowest BCUT2D eigenvalue weighted by Crippen LogP contribution is -2.45. The van der Waals surface area contributed by atoms with Crippen LogP contribution in [-0.4, -0.2) is 59.1 Å². The van der Waals surface area contributed by atoms with Gasteiger partial charge in [-0.1, -0.05) is 5.16 Å². The van der Waals surface area contributed by atoms with Crippen molar-refractivity contribution in [3.05, 3.63) is 18.1 Å². The molecule has 0 radical (unpaired) electrons. The molecule has 0 saturated carbocycles. The summed E-state index contributed by atoms with van der Waals surface area (Å²) < 4.78 is 0. The van der Waals surface area contributed by atoms with Crippen molar-refractivity contribution in [2.75, 3.05) is 38.1 Å². The van der Waals surface area contributed by atoms with Gasteiger partial charge in [0.15, 0.2) is 5.84 Å². The van der Waals surface area contributed by atoms with Gasteiger partial charge in [0.2, 0.25) is 0 Å². The molecule has 0 amide bonds. The zero-order chi connectivity index (χ0) is 12.3. The summed E-state index contributed by atoms with van der Waals surface area (Å²) in [6, 6.07) is 0. The maximum atomic E-state index is 8.60. The predicted octanol–water partition coefficient (Wildman–Crippen LogP) is -0.677. The Labute approximate surface area is 99.6 Å². The van der Waals surface area contributed by atoms with E-state index in [9.17, 15) is 0 Å². The van der Waals surface area contributed by atoms with Gasteiger partial charge in [-0.05, 0) is 7.05 Å². The summed E-state index contributed by atoms with van der Waals surface area (Å²) in [4.78, 5) is 12.8. The maximum absolute atomic E-state index is 8.60. The van der Waals surface area contributed by atoms with Gasteiger partial charge in [0, 0.05) is 26.2 Å². The lowest BCUT2D eigenvalue weighted by Gasteiger charge is -2.33. The molecule has 1 aliphatic heterocycles. The molecule has 7 nitrogen and oxygen atoms in total. The van der Waals surface area contributed by atoms with E-state index in [-0.39, 0.29) is 5.84 Å². The van der Waals surface area contributed by atoms with Crippen LogP contribution in [0.4, 0.5) is 5.82 Å². The molecular formula is C10H16N6O. The number of hydrogen-bond acceptors (Lipinski definition) is 6. The largest absolute Gasteiger partial charge is 0.409 e. The summed E-state index contributed by atoms with van der Waals surface area (Å²) in [7, 11) is 2.09. The number of oxime groups is 1. The van der Waals surface area contributed by atoms with Crippen LogP contribution < -0.4 is 10.6 Å². The lowest BCUT2D eigenvalue weighted by atomic mass is 10.3. The Bertz CT molecular complexity index is 413. The number of hydrogen-bond donors (Lipinski definition) is 2. The fourth-order valence-electron chi connectivity index (χ4n) is 1.72. The minimum atomic E-state index is -0.0199. The van der Waals surface area contributed by atoms with Gasteiger partial charge in [-0.2, -0.15) is 0 Å². The van der Waals surface area contributed by atoms with Crippen LogP contribution in [0.5, 0.6) is 0 Å². The van der Waals surface area contributed by atoms with Crippen LogP contribution in [0.3, 0.4) is 0 Å². The monoisotopic (exact) mass is 236 g/mol. The molecule has 17 heavy (non-hydrogen) atoms. The van der Waals surface area contributed by atoms with Crippen molar-refractivity contribution < 1.29 is 5.21 Å². The molecule has 2 heterocycles. The molecule has 0 aliphatic carbocycles. The molecule has 0 spiro atoms. The van der Waals surface area contributed by atoms with Crippen LogP contribution in [0.25, 0.3) is 0 Å². The van der Waals surface area contributed by atoms with Crippen LogP contribution in [0.1, 0.15) is 5.69 Å². The second-order valence-electron chi connectivity index (χ2n) is 4.04. The quantitative estimate of drug-likeness (QED) is 0.306. The van der Waals surface area contributed by atoms with Crippen LogP contribution in [0.15, 0.2) is 17.5 Å². The SMILES string of the molecule is CN1CCN(c2cncc(/C(N)=N/O)n2)CC1. The second kappa shape index (κ2) is 4.96. The van der Waals surface area contributed by atoms with Crippen molar-refractivity contribution in [2.24, 2.45) is 10.9 Å². The van der Waals surface area contributed by atoms with Crippen molar-refractivity contribution in [3.8, 4) is 0 Å². The summed E-state index contributed by atoms with van der Waals surface area (Å²) in [6.07, 6.45) is 3.17. The number of nitrogens with two attached hydrogens (primary N) is 1. The molecule has 1 fully saturated rings. The van der Waals surface area contributed by atoms with Crippen molar-refractivity contribution >= 4 is 11.7 Å². The number of rotatable bonds is 2. The molecule has 2 rings (SSSR count). The number of nitrogens with zero attached hydrogens (tertiary/aromatic N) is 5. The first-order chi connectivity index (χ1) is 8.20. The Morgan fingerprint density at radius 2 is 2.06 bits per heavy atom. The van der Waals surface area contributed by atoms with E-state index in [1.54, 1.807) is 6.20 Å². The predicted molar refractivity (Wildman–Crippen MR) is 64.3 cm³/mol. The fourth-order valence-corrected chi connectivity index (χ4v) is 1.72. The minimum absolute atomic E-state index is 0.0199. The Kier molecular flexibility index (Phi) is 3.38. The first kappa shape index (κ1) is 11.6. The topological polar surface area (TPSA) is 90.9 Å². The van der Waals surface area contributed by atoms with Crippen LogP contribution >= 0.6 is 0 Å². The van der Waals surface area contributed by atoms with E-state index < -0.39 is 0 Å². The highest BCUT2D eigenvalue weighted by Gasteiger charge is 2.16. The van der Waals surface area contributed by atoms with E-state index >= 15 is 0 Å². The smallest absolute Gasteiger partial charge is 0.190 e. The first-order valence-electron chi connectivity index (χ1n) is 5.44. The van der Waals surface area contributed by atoms with Crippen molar-refractivity contribution in [1.29, 1.82) is 0 Å². The van der Waals surface area contributed by atoms with E-state index in [4.69, 9.17) is 10.9 Å². The summed E-state index contributed by atoms with van der Waals surface area (Å²) in [6.45, 7) is 3.81. The van der Waals surface area contributed by atoms with E-state index in [1.807, 2.05) is 0 Å². The van der Waals surface area contributed by atoms with Crippen molar-refractivity contribution in [1.82, 2.24) is 14.9 Å². The zero-order valence-electron chi connectivity index (χ0n) is 9.74. The van der Waals surface area contributed by atoms with E-state index in [1.165, 1.54) is 6.20 Å². The molecule has 0 atom stereocenters. The van der Waals surface area contributed by atoms with Gasteiger partial charge in [0.1, 0.15) is 11.5 Å². The summed E-state index contributed by atoms with van der Waals surface area (Å²) >= 11 is 0. The average Bonchev–Trinajstić information content (AvgIpc) is 2.39. The van der Waals surface area contributed by atoms with Gasteiger partial charge >= 0.3 is 0 Å². The van der Waals surface area contributed by atoms with Crippen LogP contribution in [-0.2, 0) is 0 Å². The molecule has 7 heteroatoms. The van der Waals surface area contributed by atoms with Gasteiger partial charge in [0.25, 0.3) is 0 Å². The van der Waals surface area contributed by atoms with Gasteiger partial charge < -0.3 is 20.7 Å². The Balaban J connectivity index is 2.16. The Morgan fingerprint density at radius 1 is 1.35 bits per heavy atom. The van der Waals surface area contributed by atoms with Gasteiger partial charge in [-0.25, -0.2) is 4.98 Å². The number of likely N-dealkylation sites (N-methyl/N-ethyl adjacent to an activating group) is 1. The minimum Gasteiger partial charge on any atom is -0.409 e. The molecule has 1 aliphatic rings. The first-order valence-corrected chi connectivity index (χ1v) is 5.44. The molecule has 0 bridgehead atoms. The third kappa shape index (κ3) is 2.62. The molecule has 1 saturated heterocycles. The summed E-state index contributed by atoms with van der Waals surface area (Å²) in [5, 5.41) is 11.5. The van der Waals surface area contributed by atoms with E-state index in [0.29, 0.717) is 5.69 Å². The number of aromatic nitrogens is 2. The second-order valence-corrected chi connectivity index (χ2v) is 4.04. The van der Waals surface area contributed by atoms with Gasteiger partial charge in [-0.15, -0.1) is 0 Å². The Morgan fingerprint density at radius 3 is 2.71 bits per heavy atom. The highest BCUT2D eigenvalue weighted by Crippen LogP contribution is 2.12. The third-order valence-corrected chi connectivity index (χ3v) is 2.82. The molecular weight excluding hydrogens is 220 g/mol. The van der Waals surface area contributed by atoms with Gasteiger partial charge in [-0.3, -0.25) is 4.98 Å². The molecule has 0 aromatic carbocycles. The molecule has 1 aromatic rings. The van der Waals surface area contributed by atoms with Crippen molar-refractivity contribution in [3.63, 3.8) is 0 Å². The highest BCUT2D eigenvalue weighted by atomic mass is 16.4. The van der Waals surface area contributed by atoms with E-state index in [0.717, 1.165) is 32.0 Å². The molecule has 92 valence electrons. The van der Waals surface area contributed by atoms with Crippen LogP contribution in [0.2, 0.25) is 0 Å². The zero-order valence-corrected chi connectivity index (χ0v) is 9.74. The molecule has 3 N–H and O–H groups in total. The molecule has 1 aromatic heterocycles. The lowest BCUT2D eigenvalue weighted by molar-refractivity contribution is 0.312. The normalized spacial score (nSPS) is 18.4. The molecule has 0 unspecified atom stereocenters. The standard InChI is InChI=1S/C10H16N6O/c1-15-2-4-16(5-3-15)9-7-12-6-8(13-9)10(11)14-17/h6-7,17H,2-5H2,1H3,(H2,11,14). The van der Waals surface area contributed by atoms with Crippen molar-refractivity contribution in [2.45, 2.75) is 0 Å². The summed E-state index contributed by atoms with van der Waals surface area (Å²) in [5.41, 5.74) is 5.88. The number of anilines is 1. The Hall–Kier alpha value is -1.89. The number of amidine groups is 1. The number of piperazine rings is 1.